The summed E-state index contributed by atoms with van der Waals surface area (Å²) < 4.78 is 9.98. The molecule has 0 fully saturated rings. The molecule has 0 atom stereocenters. The van der Waals surface area contributed by atoms with Crippen molar-refractivity contribution in [3.05, 3.63) is 34.7 Å². The van der Waals surface area contributed by atoms with E-state index in [9.17, 15) is 9.59 Å². The number of hydrogen-bond acceptors (Lipinski definition) is 7. The van der Waals surface area contributed by atoms with Crippen LogP contribution in [0, 0.1) is 0 Å². The lowest BCUT2D eigenvalue weighted by atomic mass is 10.3. The third-order valence-corrected chi connectivity index (χ3v) is 3.88. The lowest BCUT2D eigenvalue weighted by Gasteiger charge is -1.98. The number of thiazole rings is 1. The molecule has 1 amide bonds. The molecule has 0 aliphatic heterocycles. The number of ether oxygens (including phenoxy) is 1. The number of nitrogens with one attached hydrogen (secondary N) is 1. The van der Waals surface area contributed by atoms with E-state index in [0.29, 0.717) is 16.6 Å². The minimum absolute atomic E-state index is 0.0848. The Morgan fingerprint density at radius 2 is 2.29 bits per heavy atom. The first-order valence-corrected chi connectivity index (χ1v) is 8.30. The van der Waals surface area contributed by atoms with Crippen molar-refractivity contribution in [2.75, 3.05) is 18.7 Å². The Labute approximate surface area is 129 Å². The van der Waals surface area contributed by atoms with Crippen LogP contribution in [0.1, 0.15) is 22.0 Å². The summed E-state index contributed by atoms with van der Waals surface area (Å²) in [6.07, 6.45) is 2.04. The number of thioether (sulfide) groups is 1. The Hall–Kier alpha value is -1.80. The monoisotopic (exact) mass is 326 g/mol. The van der Waals surface area contributed by atoms with Crippen LogP contribution in [0.15, 0.2) is 21.9 Å². The number of hydrogen-bond donors (Lipinski definition) is 1. The molecule has 8 heteroatoms. The van der Waals surface area contributed by atoms with Gasteiger partial charge in [0, 0.05) is 5.38 Å². The summed E-state index contributed by atoms with van der Waals surface area (Å²) in [5, 5.41) is 4.76. The molecule has 0 aromatic carbocycles. The molecular weight excluding hydrogens is 312 g/mol. The number of furan rings is 1. The van der Waals surface area contributed by atoms with Gasteiger partial charge in [-0.2, -0.15) is 11.8 Å². The maximum absolute atomic E-state index is 12.0. The molecular formula is C13H14N2O4S2. The Morgan fingerprint density at radius 1 is 1.48 bits per heavy atom. The zero-order valence-corrected chi connectivity index (χ0v) is 13.2. The Kier molecular flexibility index (Phi) is 5.40. The van der Waals surface area contributed by atoms with Crippen LogP contribution >= 0.6 is 23.1 Å². The second-order valence-electron chi connectivity index (χ2n) is 4.05. The van der Waals surface area contributed by atoms with Crippen molar-refractivity contribution >= 4 is 40.1 Å². The van der Waals surface area contributed by atoms with Crippen LogP contribution in [0.25, 0.3) is 0 Å². The number of aromatic nitrogens is 1. The fourth-order valence-corrected chi connectivity index (χ4v) is 2.69. The van der Waals surface area contributed by atoms with Gasteiger partial charge in [-0.3, -0.25) is 14.9 Å². The number of amides is 1. The lowest BCUT2D eigenvalue weighted by Crippen LogP contribution is -2.11. The van der Waals surface area contributed by atoms with Gasteiger partial charge in [0.1, 0.15) is 5.76 Å². The van der Waals surface area contributed by atoms with Gasteiger partial charge < -0.3 is 9.15 Å². The largest absolute Gasteiger partial charge is 0.469 e. The van der Waals surface area contributed by atoms with Gasteiger partial charge in [0.2, 0.25) is 0 Å². The molecule has 2 aromatic rings. The second kappa shape index (κ2) is 7.28. The van der Waals surface area contributed by atoms with Crippen molar-refractivity contribution in [1.82, 2.24) is 4.98 Å². The van der Waals surface area contributed by atoms with Gasteiger partial charge in [0.25, 0.3) is 5.91 Å². The minimum Gasteiger partial charge on any atom is -0.469 e. The SMILES string of the molecule is COC(=O)Cc1csc(NC(=O)c2ccc(CSC)o2)n1. The van der Waals surface area contributed by atoms with Gasteiger partial charge in [0.15, 0.2) is 10.9 Å². The smallest absolute Gasteiger partial charge is 0.311 e. The van der Waals surface area contributed by atoms with Gasteiger partial charge in [-0.25, -0.2) is 4.98 Å². The van der Waals surface area contributed by atoms with E-state index in [1.807, 2.05) is 6.26 Å². The highest BCUT2D eigenvalue weighted by Gasteiger charge is 2.14. The summed E-state index contributed by atoms with van der Waals surface area (Å²) in [5.74, 6) is 0.975. The third kappa shape index (κ3) is 4.33. The van der Waals surface area contributed by atoms with E-state index in [0.717, 1.165) is 5.76 Å². The topological polar surface area (TPSA) is 81.4 Å². The van der Waals surface area contributed by atoms with E-state index >= 15 is 0 Å². The van der Waals surface area contributed by atoms with Gasteiger partial charge >= 0.3 is 5.97 Å². The molecule has 6 nitrogen and oxygen atoms in total. The van der Waals surface area contributed by atoms with E-state index in [2.05, 4.69) is 15.0 Å². The predicted octanol–water partition coefficient (Wildman–Crippen LogP) is 2.57. The number of anilines is 1. The predicted molar refractivity (Wildman–Crippen MR) is 81.7 cm³/mol. The molecule has 21 heavy (non-hydrogen) atoms. The molecule has 0 radical (unpaired) electrons. The highest BCUT2D eigenvalue weighted by Crippen LogP contribution is 2.19. The Bertz CT molecular complexity index is 636. The van der Waals surface area contributed by atoms with Crippen molar-refractivity contribution in [1.29, 1.82) is 0 Å². The van der Waals surface area contributed by atoms with Crippen LogP contribution < -0.4 is 5.32 Å². The first-order valence-electron chi connectivity index (χ1n) is 6.02. The first kappa shape index (κ1) is 15.6. The van der Waals surface area contributed by atoms with Gasteiger partial charge in [-0.05, 0) is 18.4 Å². The van der Waals surface area contributed by atoms with E-state index in [1.54, 1.807) is 29.3 Å². The summed E-state index contributed by atoms with van der Waals surface area (Å²) in [7, 11) is 1.32. The van der Waals surface area contributed by atoms with E-state index in [4.69, 9.17) is 4.42 Å². The number of methoxy groups -OCH3 is 1. The fraction of sp³-hybridized carbons (Fsp3) is 0.308. The molecule has 1 N–H and O–H groups in total. The summed E-state index contributed by atoms with van der Waals surface area (Å²) in [4.78, 5) is 27.3. The van der Waals surface area contributed by atoms with Crippen LogP contribution in [-0.4, -0.2) is 30.2 Å². The maximum atomic E-state index is 12.0. The molecule has 112 valence electrons. The molecule has 0 saturated carbocycles. The van der Waals surface area contributed by atoms with Crippen LogP contribution in [0.2, 0.25) is 0 Å². The standard InChI is InChI=1S/C13H14N2O4S2/c1-18-11(16)5-8-6-21-13(14-8)15-12(17)10-4-3-9(19-10)7-20-2/h3-4,6H,5,7H2,1-2H3,(H,14,15,17). The van der Waals surface area contributed by atoms with Crippen molar-refractivity contribution in [3.8, 4) is 0 Å². The maximum Gasteiger partial charge on any atom is 0.311 e. The Balaban J connectivity index is 1.97. The average Bonchev–Trinajstić information content (AvgIpc) is 3.09. The van der Waals surface area contributed by atoms with Gasteiger partial charge in [-0.1, -0.05) is 0 Å². The van der Waals surface area contributed by atoms with Crippen molar-refractivity contribution in [2.24, 2.45) is 0 Å². The van der Waals surface area contributed by atoms with E-state index in [1.165, 1.54) is 18.4 Å². The fourth-order valence-electron chi connectivity index (χ4n) is 1.54. The zero-order valence-electron chi connectivity index (χ0n) is 11.5. The van der Waals surface area contributed by atoms with Crippen LogP contribution in [0.4, 0.5) is 5.13 Å². The van der Waals surface area contributed by atoms with Crippen LogP contribution in [-0.2, 0) is 21.7 Å². The molecule has 0 saturated heterocycles. The molecule has 0 spiro atoms. The Morgan fingerprint density at radius 3 is 3.00 bits per heavy atom. The van der Waals surface area contributed by atoms with Crippen LogP contribution in [0.5, 0.6) is 0 Å². The molecule has 2 heterocycles. The first-order chi connectivity index (χ1) is 10.1. The highest BCUT2D eigenvalue weighted by molar-refractivity contribution is 7.97. The molecule has 0 aliphatic rings. The molecule has 0 aliphatic carbocycles. The summed E-state index contributed by atoms with van der Waals surface area (Å²) in [5.41, 5.74) is 0.560. The van der Waals surface area contributed by atoms with Crippen molar-refractivity contribution in [3.63, 3.8) is 0 Å². The van der Waals surface area contributed by atoms with Gasteiger partial charge in [-0.15, -0.1) is 11.3 Å². The summed E-state index contributed by atoms with van der Waals surface area (Å²) in [6.45, 7) is 0. The lowest BCUT2D eigenvalue weighted by molar-refractivity contribution is -0.139. The normalized spacial score (nSPS) is 10.4. The van der Waals surface area contributed by atoms with Gasteiger partial charge in [0.05, 0.1) is 25.0 Å². The minimum atomic E-state index is -0.370. The average molecular weight is 326 g/mol. The quantitative estimate of drug-likeness (QED) is 0.822. The molecule has 0 bridgehead atoms. The molecule has 0 unspecified atom stereocenters. The number of carbonyl (C=O) groups excluding carboxylic acids is 2. The van der Waals surface area contributed by atoms with E-state index in [-0.39, 0.29) is 24.1 Å². The summed E-state index contributed by atoms with van der Waals surface area (Å²) in [6, 6.07) is 3.40. The number of esters is 1. The second-order valence-corrected chi connectivity index (χ2v) is 5.77. The van der Waals surface area contributed by atoms with Crippen LogP contribution in [0.3, 0.4) is 0 Å². The number of nitrogens with zero attached hydrogens (tertiary/aromatic N) is 1. The number of rotatable bonds is 6. The molecule has 2 rings (SSSR count). The highest BCUT2D eigenvalue weighted by atomic mass is 32.2. The summed E-state index contributed by atoms with van der Waals surface area (Å²) >= 11 is 2.86. The molecule has 2 aromatic heterocycles. The van der Waals surface area contributed by atoms with E-state index < -0.39 is 0 Å². The third-order valence-electron chi connectivity index (χ3n) is 2.50. The number of carbonyl (C=O) groups is 2. The zero-order chi connectivity index (χ0) is 15.2. The van der Waals surface area contributed by atoms with Crippen molar-refractivity contribution < 1.29 is 18.7 Å². The van der Waals surface area contributed by atoms with Crippen molar-refractivity contribution in [2.45, 2.75) is 12.2 Å².